The molecule has 0 spiro atoms. The Morgan fingerprint density at radius 1 is 1.15 bits per heavy atom. The van der Waals surface area contributed by atoms with Crippen LogP contribution in [0.2, 0.25) is 0 Å². The lowest BCUT2D eigenvalue weighted by Crippen LogP contribution is -2.30. The maximum Gasteiger partial charge on any atom is 0.317 e. The van der Waals surface area contributed by atoms with Crippen LogP contribution in [0.25, 0.3) is 0 Å². The molecular weight excluding hydrogens is 188 g/mol. The second-order valence-corrected chi connectivity index (χ2v) is 4.92. The number of carbonyl (C=O) groups is 2. The smallest absolute Gasteiger partial charge is 0.317 e. The summed E-state index contributed by atoms with van der Waals surface area (Å²) in [4.78, 5) is 22.6. The molecule has 3 nitrogen and oxygen atoms in total. The third-order valence-electron chi connectivity index (χ3n) is 3.71. The highest BCUT2D eigenvalue weighted by Crippen LogP contribution is 2.56. The van der Waals surface area contributed by atoms with Crippen LogP contribution < -0.4 is 0 Å². The lowest BCUT2D eigenvalue weighted by Gasteiger charge is -2.23. The van der Waals surface area contributed by atoms with E-state index in [2.05, 4.69) is 17.4 Å². The average Bonchev–Trinajstić information content (AvgIpc) is 2.64. The zero-order valence-corrected chi connectivity index (χ0v) is 7.87. The summed E-state index contributed by atoms with van der Waals surface area (Å²) in [7, 11) is 0. The van der Waals surface area contributed by atoms with Crippen LogP contribution in [-0.4, -0.2) is 17.2 Å². The summed E-state index contributed by atoms with van der Waals surface area (Å²) in [6.07, 6.45) is 1.96. The monoisotopic (exact) mass is 198 g/mol. The van der Waals surface area contributed by atoms with Crippen molar-refractivity contribution in [2.24, 2.45) is 23.7 Å². The van der Waals surface area contributed by atoms with Crippen molar-refractivity contribution in [2.75, 3.05) is 0 Å². The number of cyclic esters (lactones) is 2. The molecule has 5 atom stereocenters. The number of hydrogen-bond acceptors (Lipinski definition) is 4. The maximum absolute atomic E-state index is 11.3. The quantitative estimate of drug-likeness (QED) is 0.353. The van der Waals surface area contributed by atoms with E-state index in [4.69, 9.17) is 0 Å². The minimum Gasteiger partial charge on any atom is -0.393 e. The zero-order valence-electron chi connectivity index (χ0n) is 6.97. The summed E-state index contributed by atoms with van der Waals surface area (Å²) < 4.78 is 4.65. The summed E-state index contributed by atoms with van der Waals surface area (Å²) in [5.41, 5.74) is 0. The van der Waals surface area contributed by atoms with Gasteiger partial charge in [-0.05, 0) is 24.7 Å². The molecule has 1 heterocycles. The van der Waals surface area contributed by atoms with Crippen molar-refractivity contribution in [1.82, 2.24) is 0 Å². The van der Waals surface area contributed by atoms with Crippen molar-refractivity contribution in [3.05, 3.63) is 0 Å². The van der Waals surface area contributed by atoms with Gasteiger partial charge in [0, 0.05) is 5.25 Å². The lowest BCUT2D eigenvalue weighted by molar-refractivity contribution is -0.154. The van der Waals surface area contributed by atoms with Crippen LogP contribution in [0.1, 0.15) is 12.8 Å². The first-order valence-electron chi connectivity index (χ1n) is 4.62. The molecule has 0 aromatic heterocycles. The van der Waals surface area contributed by atoms with Gasteiger partial charge in [0.15, 0.2) is 0 Å². The molecule has 3 fully saturated rings. The molecule has 1 saturated heterocycles. The molecule has 0 unspecified atom stereocenters. The highest BCUT2D eigenvalue weighted by molar-refractivity contribution is 7.81. The largest absolute Gasteiger partial charge is 0.393 e. The Kier molecular flexibility index (Phi) is 1.38. The van der Waals surface area contributed by atoms with Gasteiger partial charge in [0.2, 0.25) is 0 Å². The molecule has 0 aromatic carbocycles. The Morgan fingerprint density at radius 3 is 2.62 bits per heavy atom. The van der Waals surface area contributed by atoms with Gasteiger partial charge < -0.3 is 4.74 Å². The molecule has 2 aliphatic carbocycles. The van der Waals surface area contributed by atoms with Crippen LogP contribution in [0.5, 0.6) is 0 Å². The molecule has 13 heavy (non-hydrogen) atoms. The number of thiol groups is 1. The van der Waals surface area contributed by atoms with Gasteiger partial charge in [-0.15, -0.1) is 0 Å². The highest BCUT2D eigenvalue weighted by Gasteiger charge is 2.62. The predicted octanol–water partition coefficient (Wildman–Crippen LogP) is 0.640. The number of fused-ring (bicyclic) bond motifs is 5. The van der Waals surface area contributed by atoms with Gasteiger partial charge in [-0.3, -0.25) is 9.59 Å². The average molecular weight is 198 g/mol. The second-order valence-electron chi connectivity index (χ2n) is 4.25. The van der Waals surface area contributed by atoms with Crippen molar-refractivity contribution in [3.63, 3.8) is 0 Å². The fourth-order valence-corrected chi connectivity index (χ4v) is 3.80. The first-order chi connectivity index (χ1) is 6.18. The minimum atomic E-state index is -0.304. The first kappa shape index (κ1) is 7.85. The predicted molar refractivity (Wildman–Crippen MR) is 47.1 cm³/mol. The lowest BCUT2D eigenvalue weighted by atomic mass is 9.81. The Balaban J connectivity index is 2.00. The van der Waals surface area contributed by atoms with E-state index in [0.29, 0.717) is 11.2 Å². The van der Waals surface area contributed by atoms with Crippen LogP contribution >= 0.6 is 12.6 Å². The van der Waals surface area contributed by atoms with E-state index in [1.165, 1.54) is 0 Å². The van der Waals surface area contributed by atoms with Crippen molar-refractivity contribution < 1.29 is 14.3 Å². The first-order valence-corrected chi connectivity index (χ1v) is 5.13. The SMILES string of the molecule is O=C1OC(=O)[C@H]2[C@@H]3C[C@H]([C@@H]12)[C@@H](S)C3. The van der Waals surface area contributed by atoms with Crippen LogP contribution in [-0.2, 0) is 14.3 Å². The topological polar surface area (TPSA) is 43.4 Å². The van der Waals surface area contributed by atoms with Gasteiger partial charge >= 0.3 is 11.9 Å². The van der Waals surface area contributed by atoms with Gasteiger partial charge in [0.25, 0.3) is 0 Å². The third-order valence-corrected chi connectivity index (χ3v) is 4.31. The van der Waals surface area contributed by atoms with E-state index >= 15 is 0 Å². The van der Waals surface area contributed by atoms with Crippen LogP contribution in [0.3, 0.4) is 0 Å². The molecule has 2 bridgehead atoms. The van der Waals surface area contributed by atoms with E-state index in [9.17, 15) is 9.59 Å². The molecule has 0 aromatic rings. The Labute approximate surface area is 81.2 Å². The van der Waals surface area contributed by atoms with Crippen LogP contribution in [0.15, 0.2) is 0 Å². The Morgan fingerprint density at radius 2 is 1.85 bits per heavy atom. The summed E-state index contributed by atoms with van der Waals surface area (Å²) in [6, 6.07) is 0. The van der Waals surface area contributed by atoms with Gasteiger partial charge in [-0.1, -0.05) is 0 Å². The fourth-order valence-electron chi connectivity index (χ4n) is 3.22. The standard InChI is InChI=1S/C9H10O3S/c10-8-6-3-1-4(5(13)2-3)7(6)9(11)12-8/h3-7,13H,1-2H2/t3-,4+,5+,6+,7-/m1/s1. The highest BCUT2D eigenvalue weighted by atomic mass is 32.1. The maximum atomic E-state index is 11.3. The molecule has 3 rings (SSSR count). The van der Waals surface area contributed by atoms with Crippen molar-refractivity contribution in [1.29, 1.82) is 0 Å². The number of carbonyl (C=O) groups excluding carboxylic acids is 2. The van der Waals surface area contributed by atoms with E-state index in [1.807, 2.05) is 0 Å². The summed E-state index contributed by atoms with van der Waals surface area (Å²) >= 11 is 4.43. The molecular formula is C9H10O3S. The third kappa shape index (κ3) is 0.822. The summed E-state index contributed by atoms with van der Waals surface area (Å²) in [6.45, 7) is 0. The van der Waals surface area contributed by atoms with Crippen LogP contribution in [0.4, 0.5) is 0 Å². The minimum absolute atomic E-state index is 0.124. The second kappa shape index (κ2) is 2.29. The number of hydrogen-bond donors (Lipinski definition) is 1. The van der Waals surface area contributed by atoms with E-state index in [-0.39, 0.29) is 29.7 Å². The number of ether oxygens (including phenoxy) is 1. The molecule has 4 heteroatoms. The number of rotatable bonds is 0. The molecule has 2 saturated carbocycles. The van der Waals surface area contributed by atoms with Gasteiger partial charge in [0.05, 0.1) is 11.8 Å². The van der Waals surface area contributed by atoms with E-state index in [0.717, 1.165) is 12.8 Å². The van der Waals surface area contributed by atoms with E-state index < -0.39 is 0 Å². The molecule has 0 N–H and O–H groups in total. The van der Waals surface area contributed by atoms with E-state index in [1.54, 1.807) is 0 Å². The van der Waals surface area contributed by atoms with Crippen molar-refractivity contribution >= 4 is 24.6 Å². The molecule has 0 radical (unpaired) electrons. The van der Waals surface area contributed by atoms with Gasteiger partial charge in [0.1, 0.15) is 0 Å². The molecule has 3 aliphatic rings. The van der Waals surface area contributed by atoms with Crippen molar-refractivity contribution in [2.45, 2.75) is 18.1 Å². The Hall–Kier alpha value is -0.510. The Bertz CT molecular complexity index is 301. The van der Waals surface area contributed by atoms with Gasteiger partial charge in [-0.25, -0.2) is 0 Å². The number of esters is 2. The van der Waals surface area contributed by atoms with Crippen LogP contribution in [0, 0.1) is 23.7 Å². The fraction of sp³-hybridized carbons (Fsp3) is 0.778. The summed E-state index contributed by atoms with van der Waals surface area (Å²) in [5, 5.41) is 0.296. The normalized spacial score (nSPS) is 52.5. The molecule has 1 aliphatic heterocycles. The summed E-state index contributed by atoms with van der Waals surface area (Å²) in [5.74, 6) is -0.229. The molecule has 70 valence electrons. The zero-order chi connectivity index (χ0) is 9.16. The van der Waals surface area contributed by atoms with Gasteiger partial charge in [-0.2, -0.15) is 12.6 Å². The van der Waals surface area contributed by atoms with Crippen molar-refractivity contribution in [3.8, 4) is 0 Å². The molecule has 0 amide bonds.